The molecule has 0 aliphatic rings. The number of rotatable bonds is 8. The van der Waals surface area contributed by atoms with Gasteiger partial charge in [-0.3, -0.25) is 0 Å². The average Bonchev–Trinajstić information content (AvgIpc) is 2.44. The number of carbonyl (C=O) groups excluding carboxylic acids is 1. The highest BCUT2D eigenvalue weighted by atomic mass is 16.5. The van der Waals surface area contributed by atoms with Crippen molar-refractivity contribution in [3.63, 3.8) is 0 Å². The molecule has 20 heavy (non-hydrogen) atoms. The van der Waals surface area contributed by atoms with Crippen LogP contribution in [0.4, 0.5) is 10.5 Å². The molecule has 5 nitrogen and oxygen atoms in total. The van der Waals surface area contributed by atoms with Crippen LogP contribution in [0.2, 0.25) is 0 Å². The van der Waals surface area contributed by atoms with Gasteiger partial charge in [0.1, 0.15) is 5.75 Å². The van der Waals surface area contributed by atoms with Gasteiger partial charge in [0, 0.05) is 18.3 Å². The number of carbonyl (C=O) groups is 1. The molecule has 1 unspecified atom stereocenters. The van der Waals surface area contributed by atoms with E-state index in [0.717, 1.165) is 18.6 Å². The van der Waals surface area contributed by atoms with Crippen molar-refractivity contribution in [2.75, 3.05) is 18.5 Å². The molecule has 0 heterocycles. The second-order valence-electron chi connectivity index (χ2n) is 4.65. The van der Waals surface area contributed by atoms with E-state index in [9.17, 15) is 9.90 Å². The summed E-state index contributed by atoms with van der Waals surface area (Å²) in [7, 11) is 0. The van der Waals surface area contributed by atoms with E-state index in [1.54, 1.807) is 12.1 Å². The van der Waals surface area contributed by atoms with E-state index in [1.807, 2.05) is 26.0 Å². The Balaban J connectivity index is 2.41. The molecule has 1 aromatic rings. The Hall–Kier alpha value is -1.75. The van der Waals surface area contributed by atoms with Gasteiger partial charge in [0.25, 0.3) is 0 Å². The third-order valence-electron chi connectivity index (χ3n) is 2.68. The van der Waals surface area contributed by atoms with Gasteiger partial charge in [-0.05, 0) is 25.0 Å². The lowest BCUT2D eigenvalue weighted by Gasteiger charge is -2.12. The van der Waals surface area contributed by atoms with Crippen LogP contribution in [0.25, 0.3) is 0 Å². The van der Waals surface area contributed by atoms with Crippen molar-refractivity contribution in [1.29, 1.82) is 0 Å². The summed E-state index contributed by atoms with van der Waals surface area (Å²) >= 11 is 0. The molecule has 0 aromatic heterocycles. The first-order valence-electron chi connectivity index (χ1n) is 7.11. The van der Waals surface area contributed by atoms with E-state index in [1.165, 1.54) is 0 Å². The molecule has 5 heteroatoms. The van der Waals surface area contributed by atoms with Crippen molar-refractivity contribution < 1.29 is 14.6 Å². The van der Waals surface area contributed by atoms with E-state index in [0.29, 0.717) is 18.7 Å². The maximum absolute atomic E-state index is 11.7. The summed E-state index contributed by atoms with van der Waals surface area (Å²) < 4.78 is 5.50. The first-order valence-corrected chi connectivity index (χ1v) is 7.11. The number of nitrogens with one attached hydrogen (secondary N) is 2. The Kier molecular flexibility index (Phi) is 7.50. The Morgan fingerprint density at radius 2 is 2.15 bits per heavy atom. The van der Waals surface area contributed by atoms with Gasteiger partial charge in [-0.15, -0.1) is 0 Å². The number of urea groups is 1. The molecular formula is C15H24N2O3. The zero-order chi connectivity index (χ0) is 14.8. The molecule has 0 fully saturated rings. The van der Waals surface area contributed by atoms with Crippen LogP contribution in [0.3, 0.4) is 0 Å². The first-order chi connectivity index (χ1) is 9.65. The van der Waals surface area contributed by atoms with Gasteiger partial charge in [0.15, 0.2) is 0 Å². The highest BCUT2D eigenvalue weighted by molar-refractivity contribution is 5.89. The summed E-state index contributed by atoms with van der Waals surface area (Å²) in [5.41, 5.74) is 0.668. The third-order valence-corrected chi connectivity index (χ3v) is 2.68. The van der Waals surface area contributed by atoms with Crippen molar-refractivity contribution in [1.82, 2.24) is 5.32 Å². The summed E-state index contributed by atoms with van der Waals surface area (Å²) in [5.74, 6) is 0.732. The number of hydrogen-bond acceptors (Lipinski definition) is 3. The number of ether oxygens (including phenoxy) is 1. The van der Waals surface area contributed by atoms with Crippen LogP contribution in [0.15, 0.2) is 24.3 Å². The first kappa shape index (κ1) is 16.3. The van der Waals surface area contributed by atoms with Crippen LogP contribution >= 0.6 is 0 Å². The maximum atomic E-state index is 11.7. The number of anilines is 1. The predicted molar refractivity (Wildman–Crippen MR) is 80.2 cm³/mol. The zero-order valence-electron chi connectivity index (χ0n) is 12.2. The van der Waals surface area contributed by atoms with Crippen LogP contribution < -0.4 is 15.4 Å². The van der Waals surface area contributed by atoms with E-state index >= 15 is 0 Å². The highest BCUT2D eigenvalue weighted by Gasteiger charge is 2.06. The maximum Gasteiger partial charge on any atom is 0.319 e. The van der Waals surface area contributed by atoms with E-state index in [-0.39, 0.29) is 12.6 Å². The number of aliphatic hydroxyl groups excluding tert-OH is 1. The second-order valence-corrected chi connectivity index (χ2v) is 4.65. The highest BCUT2D eigenvalue weighted by Crippen LogP contribution is 2.17. The summed E-state index contributed by atoms with van der Waals surface area (Å²) in [6.07, 6.45) is 2.01. The Morgan fingerprint density at radius 3 is 2.85 bits per heavy atom. The van der Waals surface area contributed by atoms with Gasteiger partial charge in [-0.25, -0.2) is 4.79 Å². The average molecular weight is 280 g/mol. The largest absolute Gasteiger partial charge is 0.494 e. The third kappa shape index (κ3) is 6.43. The minimum Gasteiger partial charge on any atom is -0.494 e. The fourth-order valence-electron chi connectivity index (χ4n) is 1.70. The molecule has 0 saturated heterocycles. The minimum atomic E-state index is -0.495. The molecule has 112 valence electrons. The van der Waals surface area contributed by atoms with Gasteiger partial charge in [0.2, 0.25) is 0 Å². The zero-order valence-corrected chi connectivity index (χ0v) is 12.2. The number of amides is 2. The van der Waals surface area contributed by atoms with Gasteiger partial charge >= 0.3 is 6.03 Å². The van der Waals surface area contributed by atoms with Gasteiger partial charge in [-0.1, -0.05) is 26.3 Å². The molecule has 0 aliphatic heterocycles. The number of aliphatic hydroxyl groups is 1. The molecule has 1 atom stereocenters. The van der Waals surface area contributed by atoms with Crippen molar-refractivity contribution in [3.05, 3.63) is 24.3 Å². The van der Waals surface area contributed by atoms with E-state index in [2.05, 4.69) is 10.6 Å². The number of benzene rings is 1. The lowest BCUT2D eigenvalue weighted by molar-refractivity contribution is 0.162. The number of hydrogen-bond donors (Lipinski definition) is 3. The Bertz CT molecular complexity index is 410. The molecule has 2 amide bonds. The summed E-state index contributed by atoms with van der Waals surface area (Å²) in [6, 6.07) is 6.92. The van der Waals surface area contributed by atoms with Crippen molar-refractivity contribution in [3.8, 4) is 5.75 Å². The quantitative estimate of drug-likeness (QED) is 0.685. The van der Waals surface area contributed by atoms with Gasteiger partial charge in [0.05, 0.1) is 12.7 Å². The predicted octanol–water partition coefficient (Wildman–Crippen LogP) is 2.76. The van der Waals surface area contributed by atoms with E-state index < -0.39 is 6.10 Å². The Morgan fingerprint density at radius 1 is 1.35 bits per heavy atom. The molecule has 1 rings (SSSR count). The van der Waals surface area contributed by atoms with Crippen molar-refractivity contribution >= 4 is 11.7 Å². The van der Waals surface area contributed by atoms with E-state index in [4.69, 9.17) is 4.74 Å². The molecule has 1 aromatic carbocycles. The van der Waals surface area contributed by atoms with Crippen LogP contribution in [-0.4, -0.2) is 30.4 Å². The fourth-order valence-corrected chi connectivity index (χ4v) is 1.70. The van der Waals surface area contributed by atoms with Gasteiger partial charge < -0.3 is 20.5 Å². The normalized spacial score (nSPS) is 11.8. The Labute approximate surface area is 120 Å². The molecule has 0 radical (unpaired) electrons. The van der Waals surface area contributed by atoms with Crippen LogP contribution in [0, 0.1) is 0 Å². The van der Waals surface area contributed by atoms with Crippen LogP contribution in [-0.2, 0) is 0 Å². The topological polar surface area (TPSA) is 70.6 Å². The summed E-state index contributed by atoms with van der Waals surface area (Å²) in [5, 5.41) is 14.9. The fraction of sp³-hybridized carbons (Fsp3) is 0.533. The van der Waals surface area contributed by atoms with Crippen LogP contribution in [0.5, 0.6) is 5.75 Å². The smallest absolute Gasteiger partial charge is 0.319 e. The molecule has 0 aliphatic carbocycles. The SMILES string of the molecule is CCCOc1cccc(NC(=O)NCC(O)CCC)c1. The molecule has 0 bridgehead atoms. The monoisotopic (exact) mass is 280 g/mol. The van der Waals surface area contributed by atoms with Crippen LogP contribution in [0.1, 0.15) is 33.1 Å². The standard InChI is InChI=1S/C15H24N2O3/c1-3-6-13(18)11-16-15(19)17-12-7-5-8-14(10-12)20-9-4-2/h5,7-8,10,13,18H,3-4,6,9,11H2,1-2H3,(H2,16,17,19). The minimum absolute atomic E-state index is 0.256. The van der Waals surface area contributed by atoms with Crippen molar-refractivity contribution in [2.24, 2.45) is 0 Å². The summed E-state index contributed by atoms with van der Waals surface area (Å²) in [6.45, 7) is 4.94. The lowest BCUT2D eigenvalue weighted by atomic mass is 10.2. The molecule has 0 saturated carbocycles. The van der Waals surface area contributed by atoms with Gasteiger partial charge in [-0.2, -0.15) is 0 Å². The van der Waals surface area contributed by atoms with Crippen molar-refractivity contribution in [2.45, 2.75) is 39.2 Å². The molecular weight excluding hydrogens is 256 g/mol. The second kappa shape index (κ2) is 9.20. The molecule has 3 N–H and O–H groups in total. The lowest BCUT2D eigenvalue weighted by Crippen LogP contribution is -2.35. The molecule has 0 spiro atoms. The summed E-state index contributed by atoms with van der Waals surface area (Å²) in [4.78, 5) is 11.7.